The summed E-state index contributed by atoms with van der Waals surface area (Å²) < 4.78 is 10.9. The predicted molar refractivity (Wildman–Crippen MR) is 102 cm³/mol. The van der Waals surface area contributed by atoms with E-state index in [4.69, 9.17) is 9.47 Å². The first-order valence-corrected chi connectivity index (χ1v) is 9.88. The lowest BCUT2D eigenvalue weighted by atomic mass is 10.2. The number of rotatable bonds is 4. The molecule has 3 aliphatic heterocycles. The van der Waals surface area contributed by atoms with Crippen LogP contribution in [0.2, 0.25) is 0 Å². The Labute approximate surface area is 159 Å². The molecule has 3 heterocycles. The number of carbonyl (C=O) groups is 2. The van der Waals surface area contributed by atoms with E-state index in [0.29, 0.717) is 13.2 Å². The molecule has 3 saturated heterocycles. The van der Waals surface area contributed by atoms with Gasteiger partial charge in [0.1, 0.15) is 12.2 Å². The molecule has 1 N–H and O–H groups in total. The molecule has 2 amide bonds. The second kappa shape index (κ2) is 8.27. The zero-order chi connectivity index (χ0) is 18.6. The maximum Gasteiger partial charge on any atom is 0.253 e. The normalized spacial score (nSPS) is 25.6. The number of hydrogen-bond acceptors (Lipinski definition) is 5. The van der Waals surface area contributed by atoms with Crippen molar-refractivity contribution in [1.82, 2.24) is 4.90 Å². The highest BCUT2D eigenvalue weighted by molar-refractivity contribution is 5.94. The van der Waals surface area contributed by atoms with Gasteiger partial charge in [-0.3, -0.25) is 9.59 Å². The Morgan fingerprint density at radius 3 is 2.11 bits per heavy atom. The Hall–Kier alpha value is -2.12. The second-order valence-corrected chi connectivity index (χ2v) is 7.35. The van der Waals surface area contributed by atoms with E-state index >= 15 is 0 Å². The fraction of sp³-hybridized carbons (Fsp3) is 0.600. The van der Waals surface area contributed by atoms with Crippen LogP contribution >= 0.6 is 0 Å². The maximum absolute atomic E-state index is 12.4. The number of nitrogens with one attached hydrogen (secondary N) is 1. The molecule has 0 spiro atoms. The van der Waals surface area contributed by atoms with Crippen LogP contribution in [0.1, 0.15) is 25.7 Å². The van der Waals surface area contributed by atoms with Gasteiger partial charge in [-0.25, -0.2) is 0 Å². The van der Waals surface area contributed by atoms with Crippen LogP contribution in [-0.4, -0.2) is 68.3 Å². The van der Waals surface area contributed by atoms with Gasteiger partial charge in [0, 0.05) is 50.8 Å². The van der Waals surface area contributed by atoms with Crippen LogP contribution in [0.3, 0.4) is 0 Å². The van der Waals surface area contributed by atoms with E-state index in [1.54, 1.807) is 0 Å². The summed E-state index contributed by atoms with van der Waals surface area (Å²) in [6.07, 6.45) is 3.00. The molecule has 146 valence electrons. The topological polar surface area (TPSA) is 71.1 Å². The molecule has 0 aliphatic carbocycles. The number of nitrogens with zero attached hydrogens (tertiary/aromatic N) is 2. The van der Waals surface area contributed by atoms with Crippen LogP contribution in [0.5, 0.6) is 0 Å². The van der Waals surface area contributed by atoms with Crippen molar-refractivity contribution < 1.29 is 19.1 Å². The fourth-order valence-electron chi connectivity index (χ4n) is 3.92. The minimum atomic E-state index is -0.320. The summed E-state index contributed by atoms with van der Waals surface area (Å²) in [6, 6.07) is 7.88. The summed E-state index contributed by atoms with van der Waals surface area (Å²) >= 11 is 0. The standard InChI is InChI=1S/C20H27N3O4/c24-19(17-3-1-13-26-17)21-15-5-7-16(8-6-15)22-9-11-23(12-10-22)20(25)18-4-2-14-27-18/h5-8,17-18H,1-4,9-14H2,(H,21,24). The molecule has 27 heavy (non-hydrogen) atoms. The molecule has 3 fully saturated rings. The first-order chi connectivity index (χ1) is 13.2. The average Bonchev–Trinajstić information content (AvgIpc) is 3.42. The van der Waals surface area contributed by atoms with Crippen molar-refractivity contribution in [2.45, 2.75) is 37.9 Å². The number of benzene rings is 1. The van der Waals surface area contributed by atoms with Gasteiger partial charge in [-0.2, -0.15) is 0 Å². The molecule has 0 radical (unpaired) electrons. The zero-order valence-electron chi connectivity index (χ0n) is 15.6. The lowest BCUT2D eigenvalue weighted by Gasteiger charge is -2.37. The fourth-order valence-corrected chi connectivity index (χ4v) is 3.92. The summed E-state index contributed by atoms with van der Waals surface area (Å²) in [6.45, 7) is 4.41. The Morgan fingerprint density at radius 1 is 0.889 bits per heavy atom. The van der Waals surface area contributed by atoms with Crippen molar-refractivity contribution in [3.63, 3.8) is 0 Å². The van der Waals surface area contributed by atoms with E-state index in [9.17, 15) is 9.59 Å². The van der Waals surface area contributed by atoms with E-state index in [1.807, 2.05) is 29.2 Å². The highest BCUT2D eigenvalue weighted by Gasteiger charge is 2.30. The quantitative estimate of drug-likeness (QED) is 0.869. The molecule has 1 aromatic carbocycles. The van der Waals surface area contributed by atoms with Crippen molar-refractivity contribution >= 4 is 23.2 Å². The molecule has 2 unspecified atom stereocenters. The summed E-state index contributed by atoms with van der Waals surface area (Å²) in [5.74, 6) is 0.0702. The molecule has 7 nitrogen and oxygen atoms in total. The Bertz CT molecular complexity index is 658. The van der Waals surface area contributed by atoms with E-state index in [-0.39, 0.29) is 24.0 Å². The summed E-state index contributed by atoms with van der Waals surface area (Å²) in [7, 11) is 0. The second-order valence-electron chi connectivity index (χ2n) is 7.35. The predicted octanol–water partition coefficient (Wildman–Crippen LogP) is 1.63. The van der Waals surface area contributed by atoms with Gasteiger partial charge in [0.05, 0.1) is 0 Å². The van der Waals surface area contributed by atoms with Crippen molar-refractivity contribution in [3.8, 4) is 0 Å². The highest BCUT2D eigenvalue weighted by Crippen LogP contribution is 2.22. The lowest BCUT2D eigenvalue weighted by Crippen LogP contribution is -2.51. The van der Waals surface area contributed by atoms with E-state index in [1.165, 1.54) is 0 Å². The van der Waals surface area contributed by atoms with Gasteiger partial charge < -0.3 is 24.6 Å². The smallest absolute Gasteiger partial charge is 0.253 e. The molecule has 4 rings (SSSR count). The molecule has 1 aromatic rings. The van der Waals surface area contributed by atoms with Crippen molar-refractivity contribution in [2.24, 2.45) is 0 Å². The summed E-state index contributed by atoms with van der Waals surface area (Å²) in [4.78, 5) is 28.7. The van der Waals surface area contributed by atoms with E-state index < -0.39 is 0 Å². The third kappa shape index (κ3) is 4.25. The Morgan fingerprint density at radius 2 is 1.52 bits per heavy atom. The van der Waals surface area contributed by atoms with Crippen LogP contribution in [0.25, 0.3) is 0 Å². The van der Waals surface area contributed by atoms with Crippen LogP contribution in [-0.2, 0) is 19.1 Å². The monoisotopic (exact) mass is 373 g/mol. The highest BCUT2D eigenvalue weighted by atomic mass is 16.5. The number of hydrogen-bond donors (Lipinski definition) is 1. The van der Waals surface area contributed by atoms with Gasteiger partial charge in [-0.05, 0) is 49.9 Å². The minimum absolute atomic E-state index is 0.0680. The van der Waals surface area contributed by atoms with E-state index in [0.717, 1.165) is 63.2 Å². The summed E-state index contributed by atoms with van der Waals surface area (Å²) in [5, 5.41) is 2.92. The van der Waals surface area contributed by atoms with Gasteiger partial charge in [0.2, 0.25) is 0 Å². The lowest BCUT2D eigenvalue weighted by molar-refractivity contribution is -0.141. The number of amides is 2. The average molecular weight is 373 g/mol. The third-order valence-corrected chi connectivity index (χ3v) is 5.52. The van der Waals surface area contributed by atoms with Gasteiger partial charge in [0.15, 0.2) is 0 Å². The van der Waals surface area contributed by atoms with Crippen LogP contribution in [0.4, 0.5) is 11.4 Å². The third-order valence-electron chi connectivity index (χ3n) is 5.52. The first-order valence-electron chi connectivity index (χ1n) is 9.88. The Balaban J connectivity index is 1.28. The molecule has 2 atom stereocenters. The van der Waals surface area contributed by atoms with Crippen molar-refractivity contribution in [3.05, 3.63) is 24.3 Å². The van der Waals surface area contributed by atoms with Gasteiger partial charge in [-0.1, -0.05) is 0 Å². The molecule has 7 heteroatoms. The van der Waals surface area contributed by atoms with Gasteiger partial charge >= 0.3 is 0 Å². The largest absolute Gasteiger partial charge is 0.368 e. The number of ether oxygens (including phenoxy) is 2. The summed E-state index contributed by atoms with van der Waals surface area (Å²) in [5.41, 5.74) is 1.89. The van der Waals surface area contributed by atoms with Crippen LogP contribution in [0, 0.1) is 0 Å². The van der Waals surface area contributed by atoms with Crippen molar-refractivity contribution in [2.75, 3.05) is 49.6 Å². The molecule has 0 aromatic heterocycles. The van der Waals surface area contributed by atoms with Gasteiger partial charge in [0.25, 0.3) is 11.8 Å². The molecule has 0 saturated carbocycles. The number of carbonyl (C=O) groups excluding carboxylic acids is 2. The van der Waals surface area contributed by atoms with Crippen LogP contribution < -0.4 is 10.2 Å². The zero-order valence-corrected chi connectivity index (χ0v) is 15.6. The number of anilines is 2. The molecular formula is C20H27N3O4. The number of piperazine rings is 1. The molecular weight excluding hydrogens is 346 g/mol. The molecule has 0 bridgehead atoms. The SMILES string of the molecule is O=C(Nc1ccc(N2CCN(C(=O)C3CCCO3)CC2)cc1)C1CCCO1. The Kier molecular flexibility index (Phi) is 5.59. The molecule has 3 aliphatic rings. The van der Waals surface area contributed by atoms with Crippen molar-refractivity contribution in [1.29, 1.82) is 0 Å². The minimum Gasteiger partial charge on any atom is -0.368 e. The van der Waals surface area contributed by atoms with E-state index in [2.05, 4.69) is 10.2 Å². The maximum atomic E-state index is 12.4. The first kappa shape index (κ1) is 18.3. The van der Waals surface area contributed by atoms with Crippen LogP contribution in [0.15, 0.2) is 24.3 Å². The van der Waals surface area contributed by atoms with Gasteiger partial charge in [-0.15, -0.1) is 0 Å².